The Balaban J connectivity index is 1.73. The first-order chi connectivity index (χ1) is 6.81. The molecule has 1 aliphatic heterocycles. The Hall–Kier alpha value is -0.0800. The zero-order valence-corrected chi connectivity index (χ0v) is 9.63. The van der Waals surface area contributed by atoms with E-state index in [1.165, 1.54) is 38.6 Å². The fourth-order valence-corrected chi connectivity index (χ4v) is 2.98. The van der Waals surface area contributed by atoms with Crippen LogP contribution in [0.4, 0.5) is 0 Å². The van der Waals surface area contributed by atoms with Crippen molar-refractivity contribution in [3.05, 3.63) is 0 Å². The molecular formula is C12H24N2. The molecule has 1 saturated carbocycles. The SMILES string of the molecule is CCNC1CCC(N2CCC2C)CC1. The van der Waals surface area contributed by atoms with Crippen LogP contribution in [0.1, 0.15) is 46.0 Å². The van der Waals surface area contributed by atoms with E-state index in [9.17, 15) is 0 Å². The number of nitrogens with zero attached hydrogens (tertiary/aromatic N) is 1. The van der Waals surface area contributed by atoms with Crippen molar-refractivity contribution in [3.8, 4) is 0 Å². The van der Waals surface area contributed by atoms with E-state index in [4.69, 9.17) is 0 Å². The summed E-state index contributed by atoms with van der Waals surface area (Å²) in [7, 11) is 0. The van der Waals surface area contributed by atoms with Crippen LogP contribution in [0.5, 0.6) is 0 Å². The molecule has 0 bridgehead atoms. The van der Waals surface area contributed by atoms with Gasteiger partial charge in [-0.3, -0.25) is 4.90 Å². The van der Waals surface area contributed by atoms with Gasteiger partial charge in [0, 0.05) is 24.7 Å². The summed E-state index contributed by atoms with van der Waals surface area (Å²) in [6, 6.07) is 2.59. The highest BCUT2D eigenvalue weighted by Gasteiger charge is 2.32. The Labute approximate surface area is 88.1 Å². The van der Waals surface area contributed by atoms with E-state index in [0.717, 1.165) is 24.7 Å². The molecule has 1 unspecified atom stereocenters. The van der Waals surface area contributed by atoms with Crippen molar-refractivity contribution < 1.29 is 0 Å². The molecule has 2 aliphatic rings. The molecule has 82 valence electrons. The number of rotatable bonds is 3. The third-order valence-corrected chi connectivity index (χ3v) is 4.03. The molecule has 1 saturated heterocycles. The van der Waals surface area contributed by atoms with Gasteiger partial charge in [0.1, 0.15) is 0 Å². The van der Waals surface area contributed by atoms with E-state index < -0.39 is 0 Å². The van der Waals surface area contributed by atoms with Gasteiger partial charge in [0.25, 0.3) is 0 Å². The lowest BCUT2D eigenvalue weighted by molar-refractivity contribution is 0.0300. The van der Waals surface area contributed by atoms with Crippen molar-refractivity contribution >= 4 is 0 Å². The van der Waals surface area contributed by atoms with Crippen LogP contribution >= 0.6 is 0 Å². The van der Waals surface area contributed by atoms with Gasteiger partial charge in [-0.05, 0) is 45.6 Å². The van der Waals surface area contributed by atoms with Crippen LogP contribution in [-0.2, 0) is 0 Å². The molecule has 2 nitrogen and oxygen atoms in total. The number of hydrogen-bond acceptors (Lipinski definition) is 2. The van der Waals surface area contributed by atoms with Crippen molar-refractivity contribution in [1.29, 1.82) is 0 Å². The Kier molecular flexibility index (Phi) is 3.45. The summed E-state index contributed by atoms with van der Waals surface area (Å²) in [6.45, 7) is 7.08. The minimum Gasteiger partial charge on any atom is -0.314 e. The Bertz CT molecular complexity index is 173. The standard InChI is InChI=1S/C12H24N2/c1-3-13-11-4-6-12(7-5-11)14-9-8-10(14)2/h10-13H,3-9H2,1-2H3. The Morgan fingerprint density at radius 2 is 1.86 bits per heavy atom. The highest BCUT2D eigenvalue weighted by molar-refractivity contribution is 4.89. The van der Waals surface area contributed by atoms with Gasteiger partial charge < -0.3 is 5.32 Å². The van der Waals surface area contributed by atoms with Gasteiger partial charge in [0.05, 0.1) is 0 Å². The monoisotopic (exact) mass is 196 g/mol. The van der Waals surface area contributed by atoms with E-state index in [1.54, 1.807) is 0 Å². The first-order valence-electron chi connectivity index (χ1n) is 6.30. The average molecular weight is 196 g/mol. The van der Waals surface area contributed by atoms with E-state index in [0.29, 0.717) is 0 Å². The van der Waals surface area contributed by atoms with Crippen LogP contribution in [-0.4, -0.2) is 36.1 Å². The molecule has 0 aromatic heterocycles. The fourth-order valence-electron chi connectivity index (χ4n) is 2.98. The molecule has 1 N–H and O–H groups in total. The van der Waals surface area contributed by atoms with Gasteiger partial charge in [0.15, 0.2) is 0 Å². The summed E-state index contributed by atoms with van der Waals surface area (Å²) in [5.41, 5.74) is 0. The van der Waals surface area contributed by atoms with Gasteiger partial charge in [-0.25, -0.2) is 0 Å². The third kappa shape index (κ3) is 2.12. The highest BCUT2D eigenvalue weighted by atomic mass is 15.2. The van der Waals surface area contributed by atoms with Crippen LogP contribution in [0.25, 0.3) is 0 Å². The molecule has 1 atom stereocenters. The van der Waals surface area contributed by atoms with Gasteiger partial charge in [-0.1, -0.05) is 6.92 Å². The third-order valence-electron chi connectivity index (χ3n) is 4.03. The van der Waals surface area contributed by atoms with Crippen LogP contribution in [0.2, 0.25) is 0 Å². The van der Waals surface area contributed by atoms with Gasteiger partial charge >= 0.3 is 0 Å². The quantitative estimate of drug-likeness (QED) is 0.743. The van der Waals surface area contributed by atoms with E-state index in [1.807, 2.05) is 0 Å². The maximum atomic E-state index is 3.57. The predicted octanol–water partition coefficient (Wildman–Crippen LogP) is 2.00. The first kappa shape index (κ1) is 10.4. The minimum atomic E-state index is 0.813. The van der Waals surface area contributed by atoms with Gasteiger partial charge in [-0.2, -0.15) is 0 Å². The van der Waals surface area contributed by atoms with Crippen LogP contribution in [0.15, 0.2) is 0 Å². The van der Waals surface area contributed by atoms with Gasteiger partial charge in [-0.15, -0.1) is 0 Å². The minimum absolute atomic E-state index is 0.813. The molecule has 1 heterocycles. The van der Waals surface area contributed by atoms with Crippen molar-refractivity contribution in [2.75, 3.05) is 13.1 Å². The zero-order chi connectivity index (χ0) is 9.97. The maximum Gasteiger partial charge on any atom is 0.00992 e. The topological polar surface area (TPSA) is 15.3 Å². The number of nitrogens with one attached hydrogen (secondary N) is 1. The summed E-state index contributed by atoms with van der Waals surface area (Å²) >= 11 is 0. The highest BCUT2D eigenvalue weighted by Crippen LogP contribution is 2.29. The summed E-state index contributed by atoms with van der Waals surface area (Å²) in [5.74, 6) is 0. The maximum absolute atomic E-state index is 3.57. The molecule has 2 heteroatoms. The van der Waals surface area contributed by atoms with E-state index in [-0.39, 0.29) is 0 Å². The lowest BCUT2D eigenvalue weighted by atomic mass is 9.87. The Morgan fingerprint density at radius 1 is 1.14 bits per heavy atom. The second kappa shape index (κ2) is 4.63. The predicted molar refractivity (Wildman–Crippen MR) is 60.5 cm³/mol. The second-order valence-electron chi connectivity index (χ2n) is 4.94. The molecule has 0 radical (unpaired) electrons. The van der Waals surface area contributed by atoms with Crippen LogP contribution in [0.3, 0.4) is 0 Å². The number of hydrogen-bond donors (Lipinski definition) is 1. The second-order valence-corrected chi connectivity index (χ2v) is 4.94. The van der Waals surface area contributed by atoms with Crippen LogP contribution in [0, 0.1) is 0 Å². The average Bonchev–Trinajstić information content (AvgIpc) is 2.19. The summed E-state index contributed by atoms with van der Waals surface area (Å²) in [5, 5.41) is 3.57. The molecular weight excluding hydrogens is 172 g/mol. The molecule has 0 amide bonds. The largest absolute Gasteiger partial charge is 0.314 e. The fraction of sp³-hybridized carbons (Fsp3) is 1.00. The van der Waals surface area contributed by atoms with Crippen LogP contribution < -0.4 is 5.32 Å². The van der Waals surface area contributed by atoms with Crippen molar-refractivity contribution in [3.63, 3.8) is 0 Å². The van der Waals surface area contributed by atoms with E-state index >= 15 is 0 Å². The Morgan fingerprint density at radius 3 is 2.29 bits per heavy atom. The summed E-state index contributed by atoms with van der Waals surface area (Å²) in [4.78, 5) is 2.71. The zero-order valence-electron chi connectivity index (χ0n) is 9.63. The van der Waals surface area contributed by atoms with Gasteiger partial charge in [0.2, 0.25) is 0 Å². The molecule has 14 heavy (non-hydrogen) atoms. The molecule has 2 fully saturated rings. The lowest BCUT2D eigenvalue weighted by Crippen LogP contribution is -2.53. The normalized spacial score (nSPS) is 39.4. The molecule has 0 aromatic carbocycles. The molecule has 2 rings (SSSR count). The van der Waals surface area contributed by atoms with E-state index in [2.05, 4.69) is 24.1 Å². The number of likely N-dealkylation sites (tertiary alicyclic amines) is 1. The van der Waals surface area contributed by atoms with Crippen molar-refractivity contribution in [2.24, 2.45) is 0 Å². The smallest absolute Gasteiger partial charge is 0.00992 e. The first-order valence-corrected chi connectivity index (χ1v) is 6.30. The molecule has 0 aromatic rings. The van der Waals surface area contributed by atoms with Crippen molar-refractivity contribution in [1.82, 2.24) is 10.2 Å². The van der Waals surface area contributed by atoms with Crippen molar-refractivity contribution in [2.45, 2.75) is 64.1 Å². The molecule has 1 aliphatic carbocycles. The summed E-state index contributed by atoms with van der Waals surface area (Å²) < 4.78 is 0. The molecule has 0 spiro atoms. The lowest BCUT2D eigenvalue weighted by Gasteiger charge is -2.47. The summed E-state index contributed by atoms with van der Waals surface area (Å²) in [6.07, 6.45) is 7.04.